The van der Waals surface area contributed by atoms with Crippen LogP contribution in [-0.2, 0) is 19.4 Å². The van der Waals surface area contributed by atoms with Crippen molar-refractivity contribution in [2.45, 2.75) is 46.6 Å². The smallest absolute Gasteiger partial charge is 0.217 e. The van der Waals surface area contributed by atoms with Crippen LogP contribution in [0, 0.1) is 11.3 Å². The summed E-state index contributed by atoms with van der Waals surface area (Å²) in [5.74, 6) is 3.89. The van der Waals surface area contributed by atoms with E-state index in [0.29, 0.717) is 40.2 Å². The lowest BCUT2D eigenvalue weighted by Crippen LogP contribution is -2.26. The largest absolute Gasteiger partial charge is 0.493 e. The van der Waals surface area contributed by atoms with Gasteiger partial charge >= 0.3 is 0 Å². The summed E-state index contributed by atoms with van der Waals surface area (Å²) >= 11 is 1.81. The van der Waals surface area contributed by atoms with Gasteiger partial charge in [0.25, 0.3) is 0 Å². The molecule has 6 rings (SSSR count). The molecule has 0 N–H and O–H groups in total. The molecule has 0 bridgehead atoms. The summed E-state index contributed by atoms with van der Waals surface area (Å²) in [5, 5.41) is 5.81. The van der Waals surface area contributed by atoms with Gasteiger partial charge in [0.15, 0.2) is 22.9 Å². The van der Waals surface area contributed by atoms with Gasteiger partial charge in [0.05, 0.1) is 12.5 Å². The van der Waals surface area contributed by atoms with E-state index in [9.17, 15) is 0 Å². The Bertz CT molecular complexity index is 1520. The number of aromatic nitrogens is 4. The number of benzene rings is 1. The SMILES string of the molecule is COc1ccccc1OCc1ccc(-c2nc3c4c5c(sc4ncn3n2)CC(C(C)(C)C)CC5)o1. The number of methoxy groups -OCH3 is 1. The van der Waals surface area contributed by atoms with Crippen LogP contribution >= 0.6 is 11.3 Å². The lowest BCUT2D eigenvalue weighted by molar-refractivity contribution is 0.218. The third-order valence-corrected chi connectivity index (χ3v) is 8.09. The molecule has 35 heavy (non-hydrogen) atoms. The summed E-state index contributed by atoms with van der Waals surface area (Å²) in [5.41, 5.74) is 2.55. The van der Waals surface area contributed by atoms with Crippen LogP contribution in [0.4, 0.5) is 0 Å². The van der Waals surface area contributed by atoms with Gasteiger partial charge in [-0.2, -0.15) is 0 Å². The Kier molecular flexibility index (Phi) is 5.29. The molecule has 0 fully saturated rings. The van der Waals surface area contributed by atoms with Gasteiger partial charge in [-0.25, -0.2) is 14.5 Å². The van der Waals surface area contributed by atoms with Crippen molar-refractivity contribution in [2.24, 2.45) is 11.3 Å². The molecular weight excluding hydrogens is 460 g/mol. The van der Waals surface area contributed by atoms with Crippen molar-refractivity contribution in [1.82, 2.24) is 19.6 Å². The second-order valence-corrected chi connectivity index (χ2v) is 11.2. The highest BCUT2D eigenvalue weighted by Gasteiger charge is 2.32. The highest BCUT2D eigenvalue weighted by molar-refractivity contribution is 7.19. The average Bonchev–Trinajstić information content (AvgIpc) is 3.57. The van der Waals surface area contributed by atoms with E-state index in [1.807, 2.05) is 47.7 Å². The van der Waals surface area contributed by atoms with Crippen molar-refractivity contribution in [1.29, 1.82) is 0 Å². The van der Waals surface area contributed by atoms with Crippen molar-refractivity contribution in [3.63, 3.8) is 0 Å². The van der Waals surface area contributed by atoms with E-state index in [0.717, 1.165) is 28.7 Å². The fourth-order valence-electron chi connectivity index (χ4n) is 4.88. The van der Waals surface area contributed by atoms with E-state index < -0.39 is 0 Å². The molecule has 8 heteroatoms. The van der Waals surface area contributed by atoms with Gasteiger partial charge in [0.2, 0.25) is 5.82 Å². The molecule has 7 nitrogen and oxygen atoms in total. The number of fused-ring (bicyclic) bond motifs is 5. The zero-order chi connectivity index (χ0) is 24.2. The first kappa shape index (κ1) is 22.1. The Morgan fingerprint density at radius 3 is 2.77 bits per heavy atom. The molecule has 0 amide bonds. The van der Waals surface area contributed by atoms with Gasteiger partial charge < -0.3 is 13.9 Å². The molecular formula is C27H28N4O3S. The van der Waals surface area contributed by atoms with Crippen LogP contribution in [0.1, 0.15) is 43.4 Å². The Morgan fingerprint density at radius 1 is 1.14 bits per heavy atom. The molecule has 0 saturated carbocycles. The third-order valence-electron chi connectivity index (χ3n) is 6.93. The second-order valence-electron chi connectivity index (χ2n) is 10.1. The lowest BCUT2D eigenvalue weighted by Gasteiger charge is -2.33. The van der Waals surface area contributed by atoms with Crippen molar-refractivity contribution in [3.8, 4) is 23.1 Å². The molecule has 0 spiro atoms. The summed E-state index contributed by atoms with van der Waals surface area (Å²) in [6.45, 7) is 7.31. The van der Waals surface area contributed by atoms with Crippen LogP contribution in [0.3, 0.4) is 0 Å². The molecule has 0 radical (unpaired) electrons. The van der Waals surface area contributed by atoms with Gasteiger partial charge in [0, 0.05) is 4.88 Å². The molecule has 0 aliphatic heterocycles. The van der Waals surface area contributed by atoms with E-state index in [1.54, 1.807) is 18.0 Å². The minimum atomic E-state index is 0.284. The van der Waals surface area contributed by atoms with Crippen LogP contribution < -0.4 is 9.47 Å². The zero-order valence-electron chi connectivity index (χ0n) is 20.4. The number of furan rings is 1. The van der Waals surface area contributed by atoms with Gasteiger partial charge in [-0.15, -0.1) is 16.4 Å². The molecule has 4 aromatic heterocycles. The highest BCUT2D eigenvalue weighted by Crippen LogP contribution is 2.43. The van der Waals surface area contributed by atoms with Gasteiger partial charge in [-0.05, 0) is 60.4 Å². The Balaban J connectivity index is 1.29. The fourth-order valence-corrected chi connectivity index (χ4v) is 6.14. The number of rotatable bonds is 5. The van der Waals surface area contributed by atoms with E-state index in [4.69, 9.17) is 23.9 Å². The maximum absolute atomic E-state index is 6.03. The van der Waals surface area contributed by atoms with Crippen LogP contribution in [0.5, 0.6) is 11.5 Å². The molecule has 1 aliphatic carbocycles. The molecule has 1 unspecified atom stereocenters. The highest BCUT2D eigenvalue weighted by atomic mass is 32.1. The number of aryl methyl sites for hydroxylation is 1. The van der Waals surface area contributed by atoms with Crippen molar-refractivity contribution < 1.29 is 13.9 Å². The van der Waals surface area contributed by atoms with Crippen molar-refractivity contribution >= 4 is 27.2 Å². The molecule has 1 aromatic carbocycles. The zero-order valence-corrected chi connectivity index (χ0v) is 21.2. The Labute approximate surface area is 207 Å². The summed E-state index contributed by atoms with van der Waals surface area (Å²) in [4.78, 5) is 12.1. The third kappa shape index (κ3) is 3.95. The predicted octanol–water partition coefficient (Wildman–Crippen LogP) is 6.34. The van der Waals surface area contributed by atoms with Gasteiger partial charge in [0.1, 0.15) is 23.5 Å². The van der Waals surface area contributed by atoms with E-state index in [2.05, 4.69) is 25.9 Å². The summed E-state index contributed by atoms with van der Waals surface area (Å²) in [7, 11) is 1.63. The molecule has 1 atom stereocenters. The first-order valence-electron chi connectivity index (χ1n) is 11.9. The number of hydrogen-bond acceptors (Lipinski definition) is 7. The first-order valence-corrected chi connectivity index (χ1v) is 12.7. The lowest BCUT2D eigenvalue weighted by atomic mass is 9.72. The quantitative estimate of drug-likeness (QED) is 0.287. The Hall–Kier alpha value is -3.39. The van der Waals surface area contributed by atoms with Crippen LogP contribution in [-0.4, -0.2) is 26.7 Å². The molecule has 5 aromatic rings. The van der Waals surface area contributed by atoms with E-state index in [-0.39, 0.29) is 6.61 Å². The summed E-state index contributed by atoms with van der Waals surface area (Å²) < 4.78 is 19.0. The summed E-state index contributed by atoms with van der Waals surface area (Å²) in [6, 6.07) is 11.3. The predicted molar refractivity (Wildman–Crippen MR) is 136 cm³/mol. The maximum atomic E-state index is 6.03. The number of ether oxygens (including phenoxy) is 2. The maximum Gasteiger partial charge on any atom is 0.217 e. The molecule has 180 valence electrons. The fraction of sp³-hybridized carbons (Fsp3) is 0.370. The standard InChI is InChI=1S/C27H28N4O3S/c1-27(2,3)16-9-11-18-22(13-16)35-26-23(18)25-29-24(30-31(25)15-28-26)21-12-10-17(34-21)14-33-20-8-6-5-7-19(20)32-4/h5-8,10,12,15-16H,9,11,13-14H2,1-4H3. The number of thiophene rings is 1. The monoisotopic (exact) mass is 488 g/mol. The molecule has 4 heterocycles. The molecule has 1 aliphatic rings. The summed E-state index contributed by atoms with van der Waals surface area (Å²) in [6.07, 6.45) is 5.12. The van der Waals surface area contributed by atoms with Crippen molar-refractivity contribution in [3.05, 3.63) is 58.9 Å². The minimum absolute atomic E-state index is 0.284. The minimum Gasteiger partial charge on any atom is -0.493 e. The normalized spacial score (nSPS) is 16.1. The second kappa shape index (κ2) is 8.37. The Morgan fingerprint density at radius 2 is 1.97 bits per heavy atom. The van der Waals surface area contributed by atoms with Crippen LogP contribution in [0.2, 0.25) is 0 Å². The molecule has 0 saturated heterocycles. The van der Waals surface area contributed by atoms with E-state index in [1.165, 1.54) is 16.9 Å². The number of para-hydroxylation sites is 2. The first-order chi connectivity index (χ1) is 16.9. The van der Waals surface area contributed by atoms with Gasteiger partial charge in [-0.1, -0.05) is 32.9 Å². The van der Waals surface area contributed by atoms with Crippen molar-refractivity contribution in [2.75, 3.05) is 7.11 Å². The van der Waals surface area contributed by atoms with E-state index >= 15 is 0 Å². The number of hydrogen-bond donors (Lipinski definition) is 0. The number of nitrogens with zero attached hydrogens (tertiary/aromatic N) is 4. The van der Waals surface area contributed by atoms with Crippen LogP contribution in [0.25, 0.3) is 27.4 Å². The average molecular weight is 489 g/mol. The van der Waals surface area contributed by atoms with Crippen LogP contribution in [0.15, 0.2) is 47.1 Å². The van der Waals surface area contributed by atoms with Gasteiger partial charge in [-0.3, -0.25) is 0 Å². The topological polar surface area (TPSA) is 74.7 Å².